The number of oxazole rings is 1. The summed E-state index contributed by atoms with van der Waals surface area (Å²) in [4.78, 5) is 17.7. The van der Waals surface area contributed by atoms with E-state index in [4.69, 9.17) is 10.2 Å². The maximum absolute atomic E-state index is 11.5. The zero-order valence-electron chi connectivity index (χ0n) is 11.3. The van der Waals surface area contributed by atoms with Crippen LogP contribution in [0.2, 0.25) is 0 Å². The summed E-state index contributed by atoms with van der Waals surface area (Å²) < 4.78 is 5.63. The summed E-state index contributed by atoms with van der Waals surface area (Å²) in [7, 11) is 3.47. The van der Waals surface area contributed by atoms with Gasteiger partial charge >= 0.3 is 0 Å². The van der Waals surface area contributed by atoms with Gasteiger partial charge in [0.15, 0.2) is 5.58 Å². The van der Waals surface area contributed by atoms with Crippen LogP contribution < -0.4 is 16.0 Å². The second kappa shape index (κ2) is 5.17. The van der Waals surface area contributed by atoms with E-state index in [1.165, 1.54) is 0 Å². The second-order valence-electron chi connectivity index (χ2n) is 4.62. The number of benzene rings is 1. The molecule has 1 aromatic carbocycles. The van der Waals surface area contributed by atoms with Crippen molar-refractivity contribution in [3.05, 3.63) is 18.2 Å². The van der Waals surface area contributed by atoms with Crippen molar-refractivity contribution in [2.75, 3.05) is 31.3 Å². The van der Waals surface area contributed by atoms with Crippen LogP contribution in [0.25, 0.3) is 11.1 Å². The first kappa shape index (κ1) is 13.2. The van der Waals surface area contributed by atoms with Crippen molar-refractivity contribution in [3.63, 3.8) is 0 Å². The molecule has 19 heavy (non-hydrogen) atoms. The van der Waals surface area contributed by atoms with Crippen molar-refractivity contribution < 1.29 is 9.21 Å². The highest BCUT2D eigenvalue weighted by Crippen LogP contribution is 2.23. The van der Waals surface area contributed by atoms with Crippen molar-refractivity contribution in [2.24, 2.45) is 5.92 Å². The van der Waals surface area contributed by atoms with Crippen LogP contribution in [0, 0.1) is 5.92 Å². The van der Waals surface area contributed by atoms with Crippen LogP contribution in [-0.4, -0.2) is 31.5 Å². The van der Waals surface area contributed by atoms with E-state index < -0.39 is 0 Å². The third kappa shape index (κ3) is 2.78. The van der Waals surface area contributed by atoms with Gasteiger partial charge in [0.2, 0.25) is 5.91 Å². The number of amides is 1. The summed E-state index contributed by atoms with van der Waals surface area (Å²) >= 11 is 0. The fourth-order valence-electron chi connectivity index (χ4n) is 1.91. The minimum Gasteiger partial charge on any atom is -0.423 e. The number of carbonyl (C=O) groups is 1. The molecule has 3 N–H and O–H groups in total. The van der Waals surface area contributed by atoms with Crippen LogP contribution in [0.3, 0.4) is 0 Å². The number of nitrogens with zero attached hydrogens (tertiary/aromatic N) is 2. The normalized spacial score (nSPS) is 12.4. The smallest absolute Gasteiger partial charge is 0.298 e. The van der Waals surface area contributed by atoms with Crippen LogP contribution in [0.1, 0.15) is 6.92 Å². The predicted octanol–water partition coefficient (Wildman–Crippen LogP) is 1.23. The van der Waals surface area contributed by atoms with Gasteiger partial charge < -0.3 is 20.4 Å². The quantitative estimate of drug-likeness (QED) is 0.809. The first-order valence-corrected chi connectivity index (χ1v) is 6.10. The Balaban J connectivity index is 2.17. The average Bonchev–Trinajstić information content (AvgIpc) is 2.80. The summed E-state index contributed by atoms with van der Waals surface area (Å²) in [6.07, 6.45) is 0. The Labute approximate surface area is 111 Å². The van der Waals surface area contributed by atoms with Crippen molar-refractivity contribution in [3.8, 4) is 0 Å². The first-order chi connectivity index (χ1) is 9.01. The maximum atomic E-state index is 11.5. The third-order valence-corrected chi connectivity index (χ3v) is 2.97. The molecule has 0 aliphatic heterocycles. The summed E-state index contributed by atoms with van der Waals surface area (Å²) in [5, 5.41) is 2.62. The van der Waals surface area contributed by atoms with Gasteiger partial charge in [-0.05, 0) is 12.1 Å². The Kier molecular flexibility index (Phi) is 3.59. The first-order valence-electron chi connectivity index (χ1n) is 6.10. The number of carbonyl (C=O) groups excluding carboxylic acids is 1. The summed E-state index contributed by atoms with van der Waals surface area (Å²) in [6, 6.07) is 5.81. The molecule has 1 aromatic heterocycles. The van der Waals surface area contributed by atoms with E-state index in [9.17, 15) is 4.79 Å². The van der Waals surface area contributed by atoms with Gasteiger partial charge in [-0.3, -0.25) is 4.79 Å². The fraction of sp³-hybridized carbons (Fsp3) is 0.385. The summed E-state index contributed by atoms with van der Waals surface area (Å²) in [5.74, 6) is -0.151. The molecule has 0 saturated carbocycles. The lowest BCUT2D eigenvalue weighted by atomic mass is 10.1. The van der Waals surface area contributed by atoms with Crippen LogP contribution in [0.15, 0.2) is 22.6 Å². The van der Waals surface area contributed by atoms with Crippen LogP contribution >= 0.6 is 0 Å². The van der Waals surface area contributed by atoms with Gasteiger partial charge in [0, 0.05) is 32.4 Å². The fourth-order valence-corrected chi connectivity index (χ4v) is 1.91. The molecular weight excluding hydrogens is 244 g/mol. The minimum atomic E-state index is -0.143. The molecule has 0 aliphatic rings. The number of hydrogen-bond donors (Lipinski definition) is 2. The molecule has 0 aliphatic carbocycles. The lowest BCUT2D eigenvalue weighted by Gasteiger charge is -2.18. The molecule has 0 spiro atoms. The van der Waals surface area contributed by atoms with Gasteiger partial charge in [-0.15, -0.1) is 0 Å². The lowest BCUT2D eigenvalue weighted by Crippen LogP contribution is -2.34. The Morgan fingerprint density at radius 3 is 3.00 bits per heavy atom. The number of nitrogens with one attached hydrogen (secondary N) is 1. The van der Waals surface area contributed by atoms with Crippen molar-refractivity contribution >= 4 is 28.7 Å². The van der Waals surface area contributed by atoms with Crippen LogP contribution in [0.4, 0.5) is 11.7 Å². The number of anilines is 2. The lowest BCUT2D eigenvalue weighted by molar-refractivity contribution is -0.123. The average molecular weight is 262 g/mol. The summed E-state index contributed by atoms with van der Waals surface area (Å²) in [6.45, 7) is 2.39. The highest BCUT2D eigenvalue weighted by molar-refractivity contribution is 5.79. The SMILES string of the molecule is CNC(=O)C(C)CN(C)c1nc2ccc(N)cc2o1. The minimum absolute atomic E-state index is 0.00722. The number of hydrogen-bond acceptors (Lipinski definition) is 5. The van der Waals surface area contributed by atoms with Gasteiger partial charge in [0.25, 0.3) is 6.01 Å². The standard InChI is InChI=1S/C13H18N4O2/c1-8(12(18)15-2)7-17(3)13-16-10-5-4-9(14)6-11(10)19-13/h4-6,8H,7,14H2,1-3H3,(H,15,18). The largest absolute Gasteiger partial charge is 0.423 e. The van der Waals surface area contributed by atoms with E-state index in [0.717, 1.165) is 5.52 Å². The number of nitrogens with two attached hydrogens (primary N) is 1. The molecule has 6 heteroatoms. The predicted molar refractivity (Wildman–Crippen MR) is 74.9 cm³/mol. The zero-order valence-corrected chi connectivity index (χ0v) is 11.3. The van der Waals surface area contributed by atoms with Crippen molar-refractivity contribution in [1.29, 1.82) is 0 Å². The van der Waals surface area contributed by atoms with E-state index >= 15 is 0 Å². The van der Waals surface area contributed by atoms with Crippen molar-refractivity contribution in [1.82, 2.24) is 10.3 Å². The van der Waals surface area contributed by atoms with E-state index in [1.54, 1.807) is 19.2 Å². The molecule has 1 atom stereocenters. The van der Waals surface area contributed by atoms with Crippen LogP contribution in [-0.2, 0) is 4.79 Å². The van der Waals surface area contributed by atoms with E-state index in [2.05, 4.69) is 10.3 Å². The van der Waals surface area contributed by atoms with Crippen LogP contribution in [0.5, 0.6) is 0 Å². The van der Waals surface area contributed by atoms with Gasteiger partial charge in [-0.2, -0.15) is 4.98 Å². The number of aromatic nitrogens is 1. The zero-order chi connectivity index (χ0) is 14.0. The van der Waals surface area contributed by atoms with E-state index in [0.29, 0.717) is 23.8 Å². The van der Waals surface area contributed by atoms with E-state index in [1.807, 2.05) is 24.9 Å². The Morgan fingerprint density at radius 2 is 2.32 bits per heavy atom. The third-order valence-electron chi connectivity index (χ3n) is 2.97. The van der Waals surface area contributed by atoms with E-state index in [-0.39, 0.29) is 11.8 Å². The Bertz CT molecular complexity index is 593. The monoisotopic (exact) mass is 262 g/mol. The molecule has 6 nitrogen and oxygen atoms in total. The van der Waals surface area contributed by atoms with Crippen molar-refractivity contribution in [2.45, 2.75) is 6.92 Å². The summed E-state index contributed by atoms with van der Waals surface area (Å²) in [5.41, 5.74) is 7.73. The number of fused-ring (bicyclic) bond motifs is 1. The molecule has 2 aromatic rings. The molecule has 1 unspecified atom stereocenters. The molecule has 1 amide bonds. The number of nitrogen functional groups attached to an aromatic ring is 1. The molecular formula is C13H18N4O2. The topological polar surface area (TPSA) is 84.4 Å². The highest BCUT2D eigenvalue weighted by atomic mass is 16.4. The highest BCUT2D eigenvalue weighted by Gasteiger charge is 2.17. The maximum Gasteiger partial charge on any atom is 0.298 e. The van der Waals surface area contributed by atoms with Gasteiger partial charge in [-0.25, -0.2) is 0 Å². The second-order valence-corrected chi connectivity index (χ2v) is 4.62. The Morgan fingerprint density at radius 1 is 1.58 bits per heavy atom. The van der Waals surface area contributed by atoms with Gasteiger partial charge in [0.1, 0.15) is 5.52 Å². The molecule has 2 rings (SSSR count). The molecule has 0 bridgehead atoms. The number of rotatable bonds is 4. The molecule has 0 saturated heterocycles. The van der Waals surface area contributed by atoms with Gasteiger partial charge in [-0.1, -0.05) is 6.92 Å². The molecule has 0 fully saturated rings. The van der Waals surface area contributed by atoms with Gasteiger partial charge in [0.05, 0.1) is 5.92 Å². The molecule has 102 valence electrons. The molecule has 1 heterocycles. The Hall–Kier alpha value is -2.24. The molecule has 0 radical (unpaired) electrons.